The van der Waals surface area contributed by atoms with E-state index in [2.05, 4.69) is 25.6 Å². The van der Waals surface area contributed by atoms with Gasteiger partial charge in [-0.15, -0.1) is 0 Å². The van der Waals surface area contributed by atoms with Crippen molar-refractivity contribution < 1.29 is 9.47 Å². The van der Waals surface area contributed by atoms with E-state index in [1.54, 1.807) is 0 Å². The quantitative estimate of drug-likeness (QED) is 0.759. The summed E-state index contributed by atoms with van der Waals surface area (Å²) in [6, 6.07) is 0.356. The summed E-state index contributed by atoms with van der Waals surface area (Å²) in [7, 11) is 0. The van der Waals surface area contributed by atoms with Crippen LogP contribution in [0.4, 0.5) is 11.9 Å². The Balaban J connectivity index is 1.96. The number of aromatic nitrogens is 3. The van der Waals surface area contributed by atoms with E-state index < -0.39 is 0 Å². The largest absolute Gasteiger partial charge is 0.463 e. The maximum atomic E-state index is 5.69. The van der Waals surface area contributed by atoms with E-state index in [4.69, 9.17) is 9.47 Å². The number of ether oxygens (including phenoxy) is 2. The zero-order chi connectivity index (χ0) is 14.9. The van der Waals surface area contributed by atoms with E-state index in [1.165, 1.54) is 6.42 Å². The number of rotatable bonds is 8. The molecule has 7 heteroatoms. The summed E-state index contributed by atoms with van der Waals surface area (Å²) in [4.78, 5) is 12.9. The van der Waals surface area contributed by atoms with Crippen LogP contribution < -0.4 is 15.4 Å². The molecule has 118 valence electrons. The van der Waals surface area contributed by atoms with Crippen LogP contribution in [0.2, 0.25) is 0 Å². The van der Waals surface area contributed by atoms with Crippen LogP contribution in [0.1, 0.15) is 39.5 Å². The lowest BCUT2D eigenvalue weighted by Crippen LogP contribution is -2.27. The second-order valence-corrected chi connectivity index (χ2v) is 5.01. The lowest BCUT2D eigenvalue weighted by Gasteiger charge is -2.22. The van der Waals surface area contributed by atoms with E-state index in [1.807, 2.05) is 13.8 Å². The van der Waals surface area contributed by atoms with E-state index in [-0.39, 0.29) is 6.10 Å². The van der Waals surface area contributed by atoms with Crippen LogP contribution in [0, 0.1) is 0 Å². The van der Waals surface area contributed by atoms with Crippen LogP contribution >= 0.6 is 0 Å². The topological polar surface area (TPSA) is 81.2 Å². The van der Waals surface area contributed by atoms with Gasteiger partial charge in [-0.1, -0.05) is 6.92 Å². The lowest BCUT2D eigenvalue weighted by molar-refractivity contribution is 0.0246. The minimum absolute atomic E-state index is 0.234. The SMILES string of the molecule is CCCOc1nc(NCC)nc(NCC2CCCCO2)n1. The smallest absolute Gasteiger partial charge is 0.323 e. The van der Waals surface area contributed by atoms with Gasteiger partial charge in [0.2, 0.25) is 11.9 Å². The van der Waals surface area contributed by atoms with Gasteiger partial charge in [0.15, 0.2) is 0 Å². The van der Waals surface area contributed by atoms with Gasteiger partial charge < -0.3 is 20.1 Å². The van der Waals surface area contributed by atoms with Crippen molar-refractivity contribution >= 4 is 11.9 Å². The van der Waals surface area contributed by atoms with Crippen LogP contribution in [-0.4, -0.2) is 47.4 Å². The first-order chi connectivity index (χ1) is 10.3. The maximum Gasteiger partial charge on any atom is 0.323 e. The standard InChI is InChI=1S/C14H25N5O2/c1-3-8-21-14-18-12(15-4-2)17-13(19-14)16-10-11-7-5-6-9-20-11/h11H,3-10H2,1-2H3,(H2,15,16,17,18,19). The molecule has 1 aliphatic heterocycles. The average Bonchev–Trinajstić information content (AvgIpc) is 2.52. The lowest BCUT2D eigenvalue weighted by atomic mass is 10.1. The van der Waals surface area contributed by atoms with Crippen molar-refractivity contribution in [1.82, 2.24) is 15.0 Å². The van der Waals surface area contributed by atoms with Gasteiger partial charge in [-0.25, -0.2) is 0 Å². The Morgan fingerprint density at radius 2 is 1.95 bits per heavy atom. The Hall–Kier alpha value is -1.63. The van der Waals surface area contributed by atoms with Crippen molar-refractivity contribution in [3.05, 3.63) is 0 Å². The summed E-state index contributed by atoms with van der Waals surface area (Å²) >= 11 is 0. The molecule has 1 aromatic rings. The normalized spacial score (nSPS) is 18.3. The van der Waals surface area contributed by atoms with Gasteiger partial charge >= 0.3 is 6.01 Å². The first-order valence-electron chi connectivity index (χ1n) is 7.80. The molecule has 1 unspecified atom stereocenters. The highest BCUT2D eigenvalue weighted by atomic mass is 16.5. The molecule has 2 N–H and O–H groups in total. The average molecular weight is 295 g/mol. The summed E-state index contributed by atoms with van der Waals surface area (Å²) in [5.74, 6) is 1.06. The Kier molecular flexibility index (Phi) is 6.46. The van der Waals surface area contributed by atoms with E-state index in [0.29, 0.717) is 31.1 Å². The number of nitrogens with one attached hydrogen (secondary N) is 2. The summed E-state index contributed by atoms with van der Waals surface area (Å²) in [6.07, 6.45) is 4.61. The Morgan fingerprint density at radius 3 is 2.62 bits per heavy atom. The van der Waals surface area contributed by atoms with Gasteiger partial charge in [0.05, 0.1) is 12.7 Å². The molecule has 0 radical (unpaired) electrons. The van der Waals surface area contributed by atoms with Crippen LogP contribution in [0.25, 0.3) is 0 Å². The molecule has 0 amide bonds. The third-order valence-corrected chi connectivity index (χ3v) is 3.15. The molecule has 1 aliphatic rings. The zero-order valence-electron chi connectivity index (χ0n) is 12.9. The van der Waals surface area contributed by atoms with Crippen LogP contribution in [0.3, 0.4) is 0 Å². The molecular weight excluding hydrogens is 270 g/mol. The van der Waals surface area contributed by atoms with Crippen molar-refractivity contribution in [3.63, 3.8) is 0 Å². The predicted molar refractivity (Wildman–Crippen MR) is 81.9 cm³/mol. The van der Waals surface area contributed by atoms with Crippen LogP contribution in [0.5, 0.6) is 6.01 Å². The number of hydrogen-bond acceptors (Lipinski definition) is 7. The highest BCUT2D eigenvalue weighted by Crippen LogP contribution is 2.15. The Morgan fingerprint density at radius 1 is 1.14 bits per heavy atom. The molecule has 2 rings (SSSR count). The molecule has 0 spiro atoms. The molecular formula is C14H25N5O2. The number of nitrogens with zero attached hydrogens (tertiary/aromatic N) is 3. The van der Waals surface area contributed by atoms with Crippen LogP contribution in [0.15, 0.2) is 0 Å². The Labute approximate surface area is 125 Å². The number of anilines is 2. The van der Waals surface area contributed by atoms with Crippen molar-refractivity contribution in [1.29, 1.82) is 0 Å². The molecule has 0 aromatic carbocycles. The Bertz CT molecular complexity index is 424. The maximum absolute atomic E-state index is 5.69. The van der Waals surface area contributed by atoms with E-state index in [0.717, 1.165) is 32.4 Å². The highest BCUT2D eigenvalue weighted by molar-refractivity contribution is 5.35. The molecule has 0 saturated carbocycles. The molecule has 0 aliphatic carbocycles. The van der Waals surface area contributed by atoms with Gasteiger partial charge in [-0.05, 0) is 32.6 Å². The van der Waals surface area contributed by atoms with Crippen molar-refractivity contribution in [2.24, 2.45) is 0 Å². The fraction of sp³-hybridized carbons (Fsp3) is 0.786. The third-order valence-electron chi connectivity index (χ3n) is 3.15. The highest BCUT2D eigenvalue weighted by Gasteiger charge is 2.14. The first kappa shape index (κ1) is 15.8. The van der Waals surface area contributed by atoms with Gasteiger partial charge in [0.1, 0.15) is 0 Å². The van der Waals surface area contributed by atoms with E-state index >= 15 is 0 Å². The first-order valence-corrected chi connectivity index (χ1v) is 7.80. The predicted octanol–water partition coefficient (Wildman–Crippen LogP) is 2.07. The monoisotopic (exact) mass is 295 g/mol. The fourth-order valence-electron chi connectivity index (χ4n) is 2.10. The number of hydrogen-bond donors (Lipinski definition) is 2. The minimum atomic E-state index is 0.234. The van der Waals surface area contributed by atoms with Gasteiger partial charge in [-0.3, -0.25) is 0 Å². The minimum Gasteiger partial charge on any atom is -0.463 e. The van der Waals surface area contributed by atoms with Crippen molar-refractivity contribution in [2.45, 2.75) is 45.6 Å². The molecule has 1 saturated heterocycles. The van der Waals surface area contributed by atoms with Gasteiger partial charge in [-0.2, -0.15) is 15.0 Å². The summed E-state index contributed by atoms with van der Waals surface area (Å²) in [6.45, 7) is 6.95. The van der Waals surface area contributed by atoms with Crippen molar-refractivity contribution in [2.75, 3.05) is 36.9 Å². The molecule has 2 heterocycles. The molecule has 21 heavy (non-hydrogen) atoms. The molecule has 1 fully saturated rings. The zero-order valence-corrected chi connectivity index (χ0v) is 12.9. The molecule has 0 bridgehead atoms. The molecule has 7 nitrogen and oxygen atoms in total. The van der Waals surface area contributed by atoms with Crippen LogP contribution in [-0.2, 0) is 4.74 Å². The van der Waals surface area contributed by atoms with Gasteiger partial charge in [0, 0.05) is 19.7 Å². The van der Waals surface area contributed by atoms with Crippen molar-refractivity contribution in [3.8, 4) is 6.01 Å². The molecule has 1 aromatic heterocycles. The molecule has 1 atom stereocenters. The third kappa shape index (κ3) is 5.34. The second-order valence-electron chi connectivity index (χ2n) is 5.01. The summed E-state index contributed by atoms with van der Waals surface area (Å²) < 4.78 is 11.2. The fourth-order valence-corrected chi connectivity index (χ4v) is 2.10. The second kappa shape index (κ2) is 8.61. The van der Waals surface area contributed by atoms with Gasteiger partial charge in [0.25, 0.3) is 0 Å². The summed E-state index contributed by atoms with van der Waals surface area (Å²) in [5.41, 5.74) is 0. The van der Waals surface area contributed by atoms with E-state index in [9.17, 15) is 0 Å². The summed E-state index contributed by atoms with van der Waals surface area (Å²) in [5, 5.41) is 6.31.